The van der Waals surface area contributed by atoms with Crippen molar-refractivity contribution in [1.29, 1.82) is 0 Å². The number of anilines is 2. The van der Waals surface area contributed by atoms with Crippen molar-refractivity contribution >= 4 is 65.6 Å². The summed E-state index contributed by atoms with van der Waals surface area (Å²) in [7, 11) is 0. The second kappa shape index (κ2) is 9.66. The predicted octanol–water partition coefficient (Wildman–Crippen LogP) is 4.52. The van der Waals surface area contributed by atoms with Gasteiger partial charge < -0.3 is 16.0 Å². The van der Waals surface area contributed by atoms with Crippen molar-refractivity contribution in [2.75, 3.05) is 36.8 Å². The van der Waals surface area contributed by atoms with Crippen LogP contribution in [0, 0.1) is 0 Å². The van der Waals surface area contributed by atoms with Crippen LogP contribution in [-0.4, -0.2) is 41.1 Å². The number of rotatable bonds is 8. The lowest BCUT2D eigenvalue weighted by atomic mass is 10.2. The lowest BCUT2D eigenvalue weighted by molar-refractivity contribution is 0.718. The first-order valence-corrected chi connectivity index (χ1v) is 11.8. The SMILES string of the molecule is O=c1c2ccccc2sc2nccc(NCCNCCNc3ncnc4cc(Cl)ccc34)c12. The fourth-order valence-electron chi connectivity index (χ4n) is 3.72. The normalized spacial score (nSPS) is 11.3. The zero-order valence-corrected chi connectivity index (χ0v) is 19.2. The summed E-state index contributed by atoms with van der Waals surface area (Å²) in [4.78, 5) is 26.8. The van der Waals surface area contributed by atoms with Crippen LogP contribution in [-0.2, 0) is 0 Å². The van der Waals surface area contributed by atoms with E-state index in [9.17, 15) is 4.79 Å². The summed E-state index contributed by atoms with van der Waals surface area (Å²) < 4.78 is 0.952. The van der Waals surface area contributed by atoms with E-state index < -0.39 is 0 Å². The minimum atomic E-state index is 0.0190. The van der Waals surface area contributed by atoms with Gasteiger partial charge in [-0.25, -0.2) is 15.0 Å². The molecule has 5 rings (SSSR count). The molecule has 0 radical (unpaired) electrons. The monoisotopic (exact) mass is 476 g/mol. The van der Waals surface area contributed by atoms with Crippen LogP contribution in [0.2, 0.25) is 5.02 Å². The van der Waals surface area contributed by atoms with E-state index in [-0.39, 0.29) is 5.43 Å². The van der Waals surface area contributed by atoms with E-state index in [0.717, 1.165) is 50.4 Å². The van der Waals surface area contributed by atoms with E-state index in [0.29, 0.717) is 23.5 Å². The average Bonchev–Trinajstić information content (AvgIpc) is 2.83. The van der Waals surface area contributed by atoms with Gasteiger partial charge >= 0.3 is 0 Å². The Morgan fingerprint density at radius 2 is 1.73 bits per heavy atom. The highest BCUT2D eigenvalue weighted by Gasteiger charge is 2.10. The lowest BCUT2D eigenvalue weighted by Crippen LogP contribution is -2.27. The van der Waals surface area contributed by atoms with Gasteiger partial charge in [-0.1, -0.05) is 23.7 Å². The Hall–Kier alpha value is -3.33. The Balaban J connectivity index is 1.16. The number of pyridine rings is 1. The number of benzene rings is 2. The number of aromatic nitrogens is 3. The van der Waals surface area contributed by atoms with Gasteiger partial charge in [0.05, 0.1) is 10.9 Å². The summed E-state index contributed by atoms with van der Waals surface area (Å²) in [6.45, 7) is 2.91. The van der Waals surface area contributed by atoms with Crippen LogP contribution in [0.1, 0.15) is 0 Å². The molecular weight excluding hydrogens is 456 g/mol. The number of halogens is 1. The molecule has 9 heteroatoms. The van der Waals surface area contributed by atoms with Gasteiger partial charge in [0.25, 0.3) is 0 Å². The van der Waals surface area contributed by atoms with Crippen molar-refractivity contribution in [3.8, 4) is 0 Å². The Labute approximate surface area is 198 Å². The third-order valence-electron chi connectivity index (χ3n) is 5.29. The van der Waals surface area contributed by atoms with Crippen LogP contribution in [0.25, 0.3) is 31.2 Å². The molecule has 0 saturated heterocycles. The van der Waals surface area contributed by atoms with Gasteiger partial charge in [0, 0.05) is 58.6 Å². The molecule has 0 amide bonds. The summed E-state index contributed by atoms with van der Waals surface area (Å²) >= 11 is 7.58. The number of hydrogen-bond donors (Lipinski definition) is 3. The molecule has 3 N–H and O–H groups in total. The summed E-state index contributed by atoms with van der Waals surface area (Å²) in [6.07, 6.45) is 3.28. The molecule has 0 saturated carbocycles. The fourth-order valence-corrected chi connectivity index (χ4v) is 4.93. The van der Waals surface area contributed by atoms with Crippen molar-refractivity contribution in [2.45, 2.75) is 0 Å². The number of nitrogens with zero attached hydrogens (tertiary/aromatic N) is 3. The van der Waals surface area contributed by atoms with Crippen molar-refractivity contribution < 1.29 is 0 Å². The van der Waals surface area contributed by atoms with Gasteiger partial charge in [0.15, 0.2) is 5.43 Å². The van der Waals surface area contributed by atoms with Gasteiger partial charge in [0.1, 0.15) is 17.0 Å². The van der Waals surface area contributed by atoms with Crippen LogP contribution < -0.4 is 21.4 Å². The molecule has 166 valence electrons. The van der Waals surface area contributed by atoms with E-state index in [2.05, 4.69) is 30.9 Å². The smallest absolute Gasteiger partial charge is 0.199 e. The zero-order chi connectivity index (χ0) is 22.6. The number of fused-ring (bicyclic) bond motifs is 3. The van der Waals surface area contributed by atoms with Crippen molar-refractivity contribution in [3.63, 3.8) is 0 Å². The minimum Gasteiger partial charge on any atom is -0.383 e. The number of nitrogens with one attached hydrogen (secondary N) is 3. The first kappa shape index (κ1) is 21.5. The highest BCUT2D eigenvalue weighted by molar-refractivity contribution is 7.24. The molecule has 7 nitrogen and oxygen atoms in total. The quantitative estimate of drug-likeness (QED) is 0.224. The third kappa shape index (κ3) is 4.59. The van der Waals surface area contributed by atoms with Crippen LogP contribution >= 0.6 is 22.9 Å². The molecule has 2 aromatic carbocycles. The molecule has 0 unspecified atom stereocenters. The molecule has 33 heavy (non-hydrogen) atoms. The van der Waals surface area contributed by atoms with Gasteiger partial charge in [-0.05, 0) is 36.4 Å². The van der Waals surface area contributed by atoms with E-state index in [1.54, 1.807) is 6.20 Å². The Kier molecular flexibility index (Phi) is 6.30. The Bertz CT molecular complexity index is 1510. The second-order valence-electron chi connectivity index (χ2n) is 7.45. The number of hydrogen-bond acceptors (Lipinski definition) is 8. The van der Waals surface area contributed by atoms with Crippen molar-refractivity contribution in [2.24, 2.45) is 0 Å². The topological polar surface area (TPSA) is 91.8 Å². The summed E-state index contributed by atoms with van der Waals surface area (Å²) in [5, 5.41) is 13.1. The molecule has 0 atom stereocenters. The average molecular weight is 477 g/mol. The maximum absolute atomic E-state index is 13.0. The fraction of sp³-hybridized carbons (Fsp3) is 0.167. The van der Waals surface area contributed by atoms with Crippen molar-refractivity contribution in [3.05, 3.63) is 76.3 Å². The maximum Gasteiger partial charge on any atom is 0.199 e. The first-order chi connectivity index (χ1) is 16.2. The Morgan fingerprint density at radius 3 is 2.64 bits per heavy atom. The van der Waals surface area contributed by atoms with Gasteiger partial charge in [0.2, 0.25) is 0 Å². The molecule has 0 aliphatic rings. The largest absolute Gasteiger partial charge is 0.383 e. The van der Waals surface area contributed by atoms with E-state index >= 15 is 0 Å². The highest BCUT2D eigenvalue weighted by Crippen LogP contribution is 2.27. The zero-order valence-electron chi connectivity index (χ0n) is 17.6. The first-order valence-electron chi connectivity index (χ1n) is 10.6. The molecule has 0 aliphatic carbocycles. The molecule has 0 bridgehead atoms. The standard InChI is InChI=1S/C24H21ClN6OS/c25-15-5-6-16-19(13-15)30-14-31-23(16)28-12-10-26-9-11-27-18-7-8-29-24-21(18)22(32)17-3-1-2-4-20(17)33-24/h1-8,13-14,26H,9-12H2,(H,27,29)(H,28,30,31). The van der Waals surface area contributed by atoms with Crippen LogP contribution in [0.5, 0.6) is 0 Å². The van der Waals surface area contributed by atoms with Crippen LogP contribution in [0.15, 0.2) is 65.8 Å². The molecule has 0 spiro atoms. The minimum absolute atomic E-state index is 0.0190. The maximum atomic E-state index is 13.0. The summed E-state index contributed by atoms with van der Waals surface area (Å²) in [5.74, 6) is 0.788. The summed E-state index contributed by atoms with van der Waals surface area (Å²) in [5.41, 5.74) is 1.65. The molecular formula is C24H21ClN6OS. The Morgan fingerprint density at radius 1 is 0.879 bits per heavy atom. The van der Waals surface area contributed by atoms with Gasteiger partial charge in [-0.2, -0.15) is 0 Å². The highest BCUT2D eigenvalue weighted by atomic mass is 35.5. The summed E-state index contributed by atoms with van der Waals surface area (Å²) in [6, 6.07) is 15.1. The van der Waals surface area contributed by atoms with Crippen LogP contribution in [0.3, 0.4) is 0 Å². The lowest BCUT2D eigenvalue weighted by Gasteiger charge is -2.11. The van der Waals surface area contributed by atoms with Gasteiger partial charge in [-0.15, -0.1) is 11.3 Å². The van der Waals surface area contributed by atoms with E-state index in [1.807, 2.05) is 48.5 Å². The van der Waals surface area contributed by atoms with Crippen LogP contribution in [0.4, 0.5) is 11.5 Å². The molecule has 0 aliphatic heterocycles. The predicted molar refractivity (Wildman–Crippen MR) is 138 cm³/mol. The van der Waals surface area contributed by atoms with Crippen molar-refractivity contribution in [1.82, 2.24) is 20.3 Å². The van der Waals surface area contributed by atoms with Gasteiger partial charge in [-0.3, -0.25) is 4.79 Å². The second-order valence-corrected chi connectivity index (χ2v) is 8.92. The molecule has 3 heterocycles. The van der Waals surface area contributed by atoms with E-state index in [1.165, 1.54) is 17.7 Å². The molecule has 3 aromatic heterocycles. The molecule has 5 aromatic rings. The third-order valence-corrected chi connectivity index (χ3v) is 6.61. The van der Waals surface area contributed by atoms with E-state index in [4.69, 9.17) is 11.6 Å². The molecule has 0 fully saturated rings.